The molecule has 6 heteroatoms. The van der Waals surface area contributed by atoms with Gasteiger partial charge in [-0.05, 0) is 6.07 Å². The largest absolute Gasteiger partial charge is 0.476 e. The Kier molecular flexibility index (Phi) is 2.72. The lowest BCUT2D eigenvalue weighted by Gasteiger charge is -2.04. The summed E-state index contributed by atoms with van der Waals surface area (Å²) in [7, 11) is 0. The molecule has 1 rings (SSSR count). The first-order chi connectivity index (χ1) is 6.57. The number of carbonyl (C=O) groups is 1. The molecule has 0 unspecified atom stereocenters. The van der Waals surface area contributed by atoms with Gasteiger partial charge in [0, 0.05) is 6.20 Å². The quantitative estimate of drug-likeness (QED) is 0.782. The van der Waals surface area contributed by atoms with E-state index in [9.17, 15) is 13.6 Å². The van der Waals surface area contributed by atoms with E-state index in [4.69, 9.17) is 10.4 Å². The highest BCUT2D eigenvalue weighted by Crippen LogP contribution is 2.24. The number of aromatic nitrogens is 1. The Morgan fingerprint density at radius 1 is 1.64 bits per heavy atom. The number of aromatic carboxylic acids is 1. The summed E-state index contributed by atoms with van der Waals surface area (Å²) in [6.45, 7) is 0. The van der Waals surface area contributed by atoms with Crippen LogP contribution in [-0.2, 0) is 0 Å². The van der Waals surface area contributed by atoms with Crippen molar-refractivity contribution in [3.8, 4) is 6.07 Å². The van der Waals surface area contributed by atoms with E-state index in [0.29, 0.717) is 0 Å². The fourth-order valence-electron chi connectivity index (χ4n) is 0.962. The molecule has 1 heterocycles. The van der Waals surface area contributed by atoms with E-state index in [0.717, 1.165) is 12.3 Å². The second-order valence-corrected chi connectivity index (χ2v) is 2.34. The molecule has 0 fully saturated rings. The lowest BCUT2D eigenvalue weighted by atomic mass is 10.1. The van der Waals surface area contributed by atoms with Crippen molar-refractivity contribution in [2.75, 3.05) is 0 Å². The van der Waals surface area contributed by atoms with E-state index in [1.54, 1.807) is 0 Å². The summed E-state index contributed by atoms with van der Waals surface area (Å²) in [6.07, 6.45) is -2.02. The lowest BCUT2D eigenvalue weighted by molar-refractivity contribution is 0.0677. The highest BCUT2D eigenvalue weighted by Gasteiger charge is 2.22. The molecule has 0 bridgehead atoms. The van der Waals surface area contributed by atoms with Crippen LogP contribution >= 0.6 is 0 Å². The van der Waals surface area contributed by atoms with Crippen LogP contribution in [0.15, 0.2) is 12.3 Å². The maximum atomic E-state index is 12.4. The third-order valence-electron chi connectivity index (χ3n) is 1.53. The number of nitrogens with zero attached hydrogens (tertiary/aromatic N) is 2. The van der Waals surface area contributed by atoms with Crippen LogP contribution in [0, 0.1) is 11.3 Å². The fourth-order valence-corrected chi connectivity index (χ4v) is 0.962. The summed E-state index contributed by atoms with van der Waals surface area (Å²) in [5.41, 5.74) is -1.98. The summed E-state index contributed by atoms with van der Waals surface area (Å²) in [5.74, 6) is -1.57. The molecule has 0 amide bonds. The van der Waals surface area contributed by atoms with Gasteiger partial charge in [0.25, 0.3) is 6.43 Å². The Morgan fingerprint density at radius 3 is 2.71 bits per heavy atom. The van der Waals surface area contributed by atoms with Crippen molar-refractivity contribution in [2.24, 2.45) is 0 Å². The third kappa shape index (κ3) is 1.66. The van der Waals surface area contributed by atoms with Crippen LogP contribution in [0.4, 0.5) is 8.78 Å². The number of nitriles is 1. The average molecular weight is 198 g/mol. The first kappa shape index (κ1) is 10.1. The van der Waals surface area contributed by atoms with Gasteiger partial charge in [-0.1, -0.05) is 0 Å². The molecule has 14 heavy (non-hydrogen) atoms. The molecule has 0 atom stereocenters. The van der Waals surface area contributed by atoms with E-state index in [1.807, 2.05) is 0 Å². The standard InChI is InChI=1S/C8H4F2N2O2/c9-7(10)5-4(3-11)1-2-12-6(5)8(13)14/h1-2,7H,(H,13,14). The molecule has 1 N–H and O–H groups in total. The highest BCUT2D eigenvalue weighted by molar-refractivity contribution is 5.87. The molecular weight excluding hydrogens is 194 g/mol. The van der Waals surface area contributed by atoms with Crippen LogP contribution in [0.5, 0.6) is 0 Å². The van der Waals surface area contributed by atoms with Crippen molar-refractivity contribution in [2.45, 2.75) is 6.43 Å². The van der Waals surface area contributed by atoms with E-state index in [-0.39, 0.29) is 5.56 Å². The van der Waals surface area contributed by atoms with Crippen LogP contribution in [0.3, 0.4) is 0 Å². The minimum atomic E-state index is -3.02. The Bertz CT molecular complexity index is 412. The van der Waals surface area contributed by atoms with Gasteiger partial charge in [0.15, 0.2) is 5.69 Å². The molecule has 0 aromatic carbocycles. The normalized spacial score (nSPS) is 9.86. The van der Waals surface area contributed by atoms with Crippen molar-refractivity contribution < 1.29 is 18.7 Å². The van der Waals surface area contributed by atoms with Gasteiger partial charge in [-0.25, -0.2) is 18.6 Å². The maximum absolute atomic E-state index is 12.4. The van der Waals surface area contributed by atoms with Crippen LogP contribution in [0.25, 0.3) is 0 Å². The topological polar surface area (TPSA) is 74.0 Å². The summed E-state index contributed by atoms with van der Waals surface area (Å²) in [5, 5.41) is 17.0. The monoisotopic (exact) mass is 198 g/mol. The highest BCUT2D eigenvalue weighted by atomic mass is 19.3. The Morgan fingerprint density at radius 2 is 2.29 bits per heavy atom. The van der Waals surface area contributed by atoms with Crippen molar-refractivity contribution in [3.05, 3.63) is 29.1 Å². The van der Waals surface area contributed by atoms with Crippen LogP contribution in [-0.4, -0.2) is 16.1 Å². The molecule has 0 aliphatic rings. The van der Waals surface area contributed by atoms with Crippen molar-refractivity contribution in [1.82, 2.24) is 4.98 Å². The summed E-state index contributed by atoms with van der Waals surface area (Å²) in [4.78, 5) is 13.8. The predicted octanol–water partition coefficient (Wildman–Crippen LogP) is 1.59. The van der Waals surface area contributed by atoms with Crippen LogP contribution in [0.1, 0.15) is 28.0 Å². The maximum Gasteiger partial charge on any atom is 0.355 e. The smallest absolute Gasteiger partial charge is 0.355 e. The van der Waals surface area contributed by atoms with Gasteiger partial charge in [-0.3, -0.25) is 0 Å². The number of pyridine rings is 1. The molecule has 1 aromatic heterocycles. The molecule has 0 aliphatic carbocycles. The molecule has 0 aliphatic heterocycles. The number of carboxylic acid groups (broad SMARTS) is 1. The molecule has 72 valence electrons. The molecule has 0 radical (unpaired) electrons. The van der Waals surface area contributed by atoms with E-state index in [2.05, 4.69) is 4.98 Å². The summed E-state index contributed by atoms with van der Waals surface area (Å²) >= 11 is 0. The minimum Gasteiger partial charge on any atom is -0.476 e. The first-order valence-electron chi connectivity index (χ1n) is 3.48. The van der Waals surface area contributed by atoms with Crippen molar-refractivity contribution in [3.63, 3.8) is 0 Å². The fraction of sp³-hybridized carbons (Fsp3) is 0.125. The number of alkyl halides is 2. The SMILES string of the molecule is N#Cc1ccnc(C(=O)O)c1C(F)F. The number of halogens is 2. The molecule has 0 saturated heterocycles. The zero-order valence-corrected chi connectivity index (χ0v) is 6.74. The molecule has 4 nitrogen and oxygen atoms in total. The summed E-state index contributed by atoms with van der Waals surface area (Å²) < 4.78 is 24.8. The van der Waals surface area contributed by atoms with Gasteiger partial charge in [0.05, 0.1) is 17.2 Å². The van der Waals surface area contributed by atoms with Crippen molar-refractivity contribution >= 4 is 5.97 Å². The molecular formula is C8H4F2N2O2. The number of carboxylic acids is 1. The van der Waals surface area contributed by atoms with Gasteiger partial charge in [0.1, 0.15) is 0 Å². The Balaban J connectivity index is 3.45. The first-order valence-corrected chi connectivity index (χ1v) is 3.48. The van der Waals surface area contributed by atoms with Crippen LogP contribution < -0.4 is 0 Å². The third-order valence-corrected chi connectivity index (χ3v) is 1.53. The molecule has 0 spiro atoms. The Hall–Kier alpha value is -2.03. The zero-order valence-electron chi connectivity index (χ0n) is 6.74. The van der Waals surface area contributed by atoms with Gasteiger partial charge < -0.3 is 5.11 Å². The van der Waals surface area contributed by atoms with E-state index in [1.165, 1.54) is 6.07 Å². The number of hydrogen-bond acceptors (Lipinski definition) is 3. The second-order valence-electron chi connectivity index (χ2n) is 2.34. The molecule has 0 saturated carbocycles. The number of hydrogen-bond donors (Lipinski definition) is 1. The predicted molar refractivity (Wildman–Crippen MR) is 40.9 cm³/mol. The minimum absolute atomic E-state index is 0.368. The van der Waals surface area contributed by atoms with E-state index >= 15 is 0 Å². The van der Waals surface area contributed by atoms with Gasteiger partial charge in [-0.15, -0.1) is 0 Å². The van der Waals surface area contributed by atoms with Gasteiger partial charge in [0.2, 0.25) is 0 Å². The van der Waals surface area contributed by atoms with Crippen LogP contribution in [0.2, 0.25) is 0 Å². The Labute approximate surface area is 77.4 Å². The average Bonchev–Trinajstić information content (AvgIpc) is 2.16. The van der Waals surface area contributed by atoms with Gasteiger partial charge in [-0.2, -0.15) is 5.26 Å². The molecule has 1 aromatic rings. The zero-order chi connectivity index (χ0) is 10.7. The second kappa shape index (κ2) is 3.79. The van der Waals surface area contributed by atoms with Crippen molar-refractivity contribution in [1.29, 1.82) is 5.26 Å². The summed E-state index contributed by atoms with van der Waals surface area (Å²) in [6, 6.07) is 2.54. The van der Waals surface area contributed by atoms with Gasteiger partial charge >= 0.3 is 5.97 Å². The number of rotatable bonds is 2. The van der Waals surface area contributed by atoms with E-state index < -0.39 is 23.7 Å². The lowest BCUT2D eigenvalue weighted by Crippen LogP contribution is -2.07.